The van der Waals surface area contributed by atoms with E-state index in [1.807, 2.05) is 24.3 Å². The summed E-state index contributed by atoms with van der Waals surface area (Å²) < 4.78 is 0. The maximum absolute atomic E-state index is 13.9. The van der Waals surface area contributed by atoms with E-state index in [1.165, 1.54) is 12.1 Å². The number of hydrogen-bond donors (Lipinski definition) is 0. The summed E-state index contributed by atoms with van der Waals surface area (Å²) in [5.74, 6) is -3.52. The summed E-state index contributed by atoms with van der Waals surface area (Å²) in [7, 11) is 0. The number of anilines is 1. The highest BCUT2D eigenvalue weighted by molar-refractivity contribution is 6.36. The van der Waals surface area contributed by atoms with Crippen molar-refractivity contribution in [1.29, 1.82) is 0 Å². The van der Waals surface area contributed by atoms with Gasteiger partial charge in [-0.25, -0.2) is 4.90 Å². The van der Waals surface area contributed by atoms with Crippen LogP contribution >= 0.6 is 11.6 Å². The number of non-ortho nitro benzene ring substituents is 1. The van der Waals surface area contributed by atoms with Gasteiger partial charge in [0.15, 0.2) is 5.78 Å². The van der Waals surface area contributed by atoms with Gasteiger partial charge in [-0.05, 0) is 17.2 Å². The molecule has 3 aromatic rings. The zero-order chi connectivity index (χ0) is 25.1. The van der Waals surface area contributed by atoms with Crippen LogP contribution in [0.2, 0.25) is 5.02 Å². The van der Waals surface area contributed by atoms with Crippen molar-refractivity contribution >= 4 is 46.8 Å². The number of carbonyl (C=O) groups is 3. The van der Waals surface area contributed by atoms with Crippen molar-refractivity contribution in [2.45, 2.75) is 12.1 Å². The highest BCUT2D eigenvalue weighted by Gasteiger charge is 2.65. The van der Waals surface area contributed by atoms with Crippen LogP contribution in [0.4, 0.5) is 11.4 Å². The van der Waals surface area contributed by atoms with E-state index in [1.54, 1.807) is 41.6 Å². The number of halogens is 1. The molecule has 0 spiro atoms. The molecule has 0 N–H and O–H groups in total. The van der Waals surface area contributed by atoms with Gasteiger partial charge in [0.2, 0.25) is 11.8 Å². The molecule has 3 aromatic carbocycles. The van der Waals surface area contributed by atoms with Crippen molar-refractivity contribution in [1.82, 2.24) is 5.01 Å². The van der Waals surface area contributed by atoms with E-state index in [0.29, 0.717) is 5.56 Å². The molecule has 10 heteroatoms. The third-order valence-corrected chi connectivity index (χ3v) is 7.32. The molecular formula is C26H17ClN4O5. The molecule has 3 aliphatic rings. The number of amides is 2. The summed E-state index contributed by atoms with van der Waals surface area (Å²) in [6.45, 7) is 0. The molecule has 0 saturated carbocycles. The van der Waals surface area contributed by atoms with Crippen LogP contribution in [0.15, 0.2) is 77.9 Å². The maximum Gasteiger partial charge on any atom is 0.271 e. The van der Waals surface area contributed by atoms with E-state index in [0.717, 1.165) is 22.1 Å². The van der Waals surface area contributed by atoms with Gasteiger partial charge in [0.25, 0.3) is 5.69 Å². The Kier molecular flexibility index (Phi) is 4.97. The van der Waals surface area contributed by atoms with Crippen LogP contribution in [-0.4, -0.2) is 39.8 Å². The van der Waals surface area contributed by atoms with Gasteiger partial charge in [-0.2, -0.15) is 5.10 Å². The number of nitro benzene ring substituents is 1. The van der Waals surface area contributed by atoms with Gasteiger partial charge in [0.1, 0.15) is 6.04 Å². The number of carbonyl (C=O) groups excluding carboxylic acids is 3. The molecule has 2 saturated heterocycles. The number of benzene rings is 3. The van der Waals surface area contributed by atoms with E-state index >= 15 is 0 Å². The number of ketones is 1. The van der Waals surface area contributed by atoms with Gasteiger partial charge < -0.3 is 0 Å². The van der Waals surface area contributed by atoms with Gasteiger partial charge in [-0.15, -0.1) is 0 Å². The van der Waals surface area contributed by atoms with E-state index in [4.69, 9.17) is 11.6 Å². The molecule has 0 bridgehead atoms. The summed E-state index contributed by atoms with van der Waals surface area (Å²) in [6.07, 6.45) is 1.63. The molecule has 6 rings (SSSR count). The normalized spacial score (nSPS) is 23.9. The van der Waals surface area contributed by atoms with Crippen LogP contribution < -0.4 is 4.90 Å². The molecule has 0 aliphatic carbocycles. The number of nitro groups is 1. The third kappa shape index (κ3) is 3.09. The van der Waals surface area contributed by atoms with Crippen LogP contribution in [0.1, 0.15) is 27.5 Å². The fourth-order valence-electron chi connectivity index (χ4n) is 5.47. The van der Waals surface area contributed by atoms with Crippen LogP contribution in [0.3, 0.4) is 0 Å². The number of hydrogen-bond acceptors (Lipinski definition) is 7. The Morgan fingerprint density at radius 3 is 2.39 bits per heavy atom. The Hall–Kier alpha value is -4.37. The van der Waals surface area contributed by atoms with Crippen molar-refractivity contribution in [2.75, 3.05) is 4.90 Å². The Bertz CT molecular complexity index is 1490. The minimum absolute atomic E-state index is 0.0205. The minimum atomic E-state index is -1.05. The van der Waals surface area contributed by atoms with E-state index < -0.39 is 40.7 Å². The zero-order valence-corrected chi connectivity index (χ0v) is 19.3. The molecule has 0 radical (unpaired) electrons. The summed E-state index contributed by atoms with van der Waals surface area (Å²) in [5.41, 5.74) is 1.58. The Morgan fingerprint density at radius 2 is 1.64 bits per heavy atom. The topological polar surface area (TPSA) is 113 Å². The maximum atomic E-state index is 13.9. The second-order valence-corrected chi connectivity index (χ2v) is 9.24. The molecule has 9 nitrogen and oxygen atoms in total. The number of imide groups is 1. The van der Waals surface area contributed by atoms with Crippen LogP contribution in [0.5, 0.6) is 0 Å². The van der Waals surface area contributed by atoms with Crippen LogP contribution in [-0.2, 0) is 9.59 Å². The van der Waals surface area contributed by atoms with E-state index in [-0.39, 0.29) is 22.2 Å². The smallest absolute Gasteiger partial charge is 0.271 e. The first kappa shape index (κ1) is 22.1. The first-order valence-corrected chi connectivity index (χ1v) is 11.6. The van der Waals surface area contributed by atoms with Gasteiger partial charge >= 0.3 is 0 Å². The molecule has 2 amide bonds. The summed E-state index contributed by atoms with van der Waals surface area (Å²) in [4.78, 5) is 53.2. The second kappa shape index (κ2) is 8.10. The zero-order valence-electron chi connectivity index (χ0n) is 18.5. The third-order valence-electron chi connectivity index (χ3n) is 7.00. The lowest BCUT2D eigenvalue weighted by Gasteiger charge is -2.33. The highest BCUT2D eigenvalue weighted by Crippen LogP contribution is 2.53. The molecule has 36 heavy (non-hydrogen) atoms. The van der Waals surface area contributed by atoms with Gasteiger partial charge in [-0.3, -0.25) is 29.5 Å². The second-order valence-electron chi connectivity index (χ2n) is 8.83. The Morgan fingerprint density at radius 1 is 0.944 bits per heavy atom. The largest absolute Gasteiger partial charge is 0.292 e. The predicted octanol–water partition coefficient (Wildman–Crippen LogP) is 4.01. The van der Waals surface area contributed by atoms with Crippen LogP contribution in [0.25, 0.3) is 0 Å². The molecule has 178 valence electrons. The molecule has 4 atom stereocenters. The molecular weight excluding hydrogens is 484 g/mol. The van der Waals surface area contributed by atoms with Crippen molar-refractivity contribution in [3.05, 3.63) is 105 Å². The monoisotopic (exact) mass is 500 g/mol. The average Bonchev–Trinajstić information content (AvgIpc) is 3.37. The first-order chi connectivity index (χ1) is 17.4. The highest BCUT2D eigenvalue weighted by atomic mass is 35.5. The molecule has 0 aromatic heterocycles. The number of Topliss-reactive ketones (excluding diaryl/α,β-unsaturated/α-hetero) is 1. The van der Waals surface area contributed by atoms with Gasteiger partial charge in [0.05, 0.1) is 39.7 Å². The molecule has 3 aliphatic heterocycles. The van der Waals surface area contributed by atoms with Gasteiger partial charge in [0, 0.05) is 17.7 Å². The standard InChI is InChI=1S/C26H17ClN4O5/c27-18-11-10-16(31(35)36)12-19(18)29-25(33)20-21(26(29)34)23(24(32)14-6-2-1-3-7-14)30-22(20)17-9-5-4-8-15(17)13-28-30/h1-13,20-23H/t20-,21+,22-,23-/m0/s1. The molecule has 3 heterocycles. The number of fused-ring (bicyclic) bond motifs is 5. The van der Waals surface area contributed by atoms with E-state index in [9.17, 15) is 24.5 Å². The van der Waals surface area contributed by atoms with E-state index in [2.05, 4.69) is 5.10 Å². The SMILES string of the molecule is O=C(c1ccccc1)[C@@H]1[C@@H]2C(=O)N(c3cc([N+](=O)[O-])ccc3Cl)C(=O)[C@@H]2[C@@H]2c3ccccc3C=NN12. The number of nitrogens with zero attached hydrogens (tertiary/aromatic N) is 4. The fourth-order valence-corrected chi connectivity index (χ4v) is 5.67. The quantitative estimate of drug-likeness (QED) is 0.231. The van der Waals surface area contributed by atoms with Crippen molar-refractivity contribution in [3.63, 3.8) is 0 Å². The molecule has 0 unspecified atom stereocenters. The molecule has 2 fully saturated rings. The Balaban J connectivity index is 1.51. The van der Waals surface area contributed by atoms with Crippen LogP contribution in [0, 0.1) is 22.0 Å². The summed E-state index contributed by atoms with van der Waals surface area (Å²) in [6, 6.07) is 17.8. The lowest BCUT2D eigenvalue weighted by atomic mass is 9.83. The lowest BCUT2D eigenvalue weighted by Crippen LogP contribution is -2.44. The van der Waals surface area contributed by atoms with Crippen molar-refractivity contribution in [3.8, 4) is 0 Å². The lowest BCUT2D eigenvalue weighted by molar-refractivity contribution is -0.384. The van der Waals surface area contributed by atoms with Crippen molar-refractivity contribution in [2.24, 2.45) is 16.9 Å². The van der Waals surface area contributed by atoms with Gasteiger partial charge in [-0.1, -0.05) is 66.2 Å². The first-order valence-electron chi connectivity index (χ1n) is 11.2. The summed E-state index contributed by atoms with van der Waals surface area (Å²) in [5, 5.41) is 17.5. The summed E-state index contributed by atoms with van der Waals surface area (Å²) >= 11 is 6.31. The Labute approximate surface area is 209 Å². The number of rotatable bonds is 4. The number of hydrazone groups is 1. The fraction of sp³-hybridized carbons (Fsp3) is 0.154. The average molecular weight is 501 g/mol. The predicted molar refractivity (Wildman–Crippen MR) is 131 cm³/mol. The van der Waals surface area contributed by atoms with Crippen molar-refractivity contribution < 1.29 is 19.3 Å². The minimum Gasteiger partial charge on any atom is -0.292 e.